The lowest BCUT2D eigenvalue weighted by Gasteiger charge is -2.06. The van der Waals surface area contributed by atoms with Crippen LogP contribution in [0.2, 0.25) is 0 Å². The number of unbranched alkanes of at least 4 members (excludes halogenated alkanes) is 1. The Labute approximate surface area is 84.7 Å². The van der Waals surface area contributed by atoms with Gasteiger partial charge in [0.1, 0.15) is 0 Å². The monoisotopic (exact) mass is 226 g/mol. The van der Waals surface area contributed by atoms with Crippen molar-refractivity contribution in [3.8, 4) is 0 Å². The molecule has 0 aromatic heterocycles. The average Bonchev–Trinajstić information content (AvgIpc) is 2.04. The van der Waals surface area contributed by atoms with Gasteiger partial charge in [0.15, 0.2) is 0 Å². The summed E-state index contributed by atoms with van der Waals surface area (Å²) in [5, 5.41) is 8.60. The molecule has 0 amide bonds. The van der Waals surface area contributed by atoms with Crippen molar-refractivity contribution in [1.82, 2.24) is 0 Å². The zero-order valence-corrected chi connectivity index (χ0v) is 9.56. The van der Waals surface area contributed by atoms with E-state index in [-0.39, 0.29) is 5.92 Å². The van der Waals surface area contributed by atoms with Gasteiger partial charge in [0, 0.05) is 0 Å². The highest BCUT2D eigenvalue weighted by Gasteiger charge is 2.12. The van der Waals surface area contributed by atoms with E-state index in [0.717, 1.165) is 25.7 Å². The number of aliphatic carboxylic acids is 1. The van der Waals surface area contributed by atoms with E-state index in [1.165, 1.54) is 0 Å². The van der Waals surface area contributed by atoms with E-state index in [1.807, 2.05) is 6.92 Å². The van der Waals surface area contributed by atoms with Crippen LogP contribution < -0.4 is 0 Å². The van der Waals surface area contributed by atoms with Crippen molar-refractivity contribution in [2.75, 3.05) is 0 Å². The smallest absolute Gasteiger partial charge is 0.314 e. The van der Waals surface area contributed by atoms with Crippen LogP contribution in [-0.2, 0) is 9.36 Å². The van der Waals surface area contributed by atoms with Gasteiger partial charge in [-0.2, -0.15) is 0 Å². The molecule has 3 N–H and O–H groups in total. The quantitative estimate of drug-likeness (QED) is 0.619. The van der Waals surface area contributed by atoms with E-state index in [0.29, 0.717) is 0 Å². The maximum absolute atomic E-state index is 10.4. The summed E-state index contributed by atoms with van der Waals surface area (Å²) in [6.45, 7) is 4.00. The Morgan fingerprint density at radius 3 is 2.00 bits per heavy atom. The lowest BCUT2D eigenvalue weighted by molar-refractivity contribution is -0.142. The Kier molecular flexibility index (Phi) is 12.3. The first kappa shape index (κ1) is 16.1. The largest absolute Gasteiger partial charge is 0.481 e. The number of carboxylic acids is 1. The summed E-state index contributed by atoms with van der Waals surface area (Å²) in [4.78, 5) is 24.8. The summed E-state index contributed by atoms with van der Waals surface area (Å²) >= 11 is 0. The third kappa shape index (κ3) is 14.2. The molecule has 0 aliphatic heterocycles. The Morgan fingerprint density at radius 2 is 1.79 bits per heavy atom. The number of carbonyl (C=O) groups is 1. The molecule has 86 valence electrons. The standard InChI is InChI=1S/C8H16O2.H3O3P/c1-3-5-6-7(4-2)8(9)10;1-4(2)3/h7H,3-6H2,1-2H3,(H,9,10);4H,(H2,1,2,3). The van der Waals surface area contributed by atoms with Gasteiger partial charge < -0.3 is 14.9 Å². The molecule has 0 radical (unpaired) electrons. The second kappa shape index (κ2) is 10.7. The molecule has 0 aliphatic rings. The summed E-state index contributed by atoms with van der Waals surface area (Å²) in [7, 11) is -3.13. The first-order valence-electron chi connectivity index (χ1n) is 4.60. The van der Waals surface area contributed by atoms with Gasteiger partial charge in [-0.05, 0) is 12.8 Å². The summed E-state index contributed by atoms with van der Waals surface area (Å²) < 4.78 is 8.74. The third-order valence-electron chi connectivity index (χ3n) is 1.75. The fourth-order valence-electron chi connectivity index (χ4n) is 0.953. The van der Waals surface area contributed by atoms with E-state index in [9.17, 15) is 4.79 Å². The van der Waals surface area contributed by atoms with Gasteiger partial charge in [0.25, 0.3) is 0 Å². The van der Waals surface area contributed by atoms with Crippen molar-refractivity contribution in [1.29, 1.82) is 0 Å². The molecular weight excluding hydrogens is 207 g/mol. The minimum absolute atomic E-state index is 0.111. The number of hydrogen-bond acceptors (Lipinski definition) is 2. The molecule has 14 heavy (non-hydrogen) atoms. The number of rotatable bonds is 5. The van der Waals surface area contributed by atoms with Gasteiger partial charge in [-0.3, -0.25) is 9.36 Å². The van der Waals surface area contributed by atoms with Crippen LogP contribution in [0.5, 0.6) is 0 Å². The maximum Gasteiger partial charge on any atom is 0.314 e. The topological polar surface area (TPSA) is 94.8 Å². The van der Waals surface area contributed by atoms with Crippen LogP contribution >= 0.6 is 8.25 Å². The SMILES string of the molecule is CCCCC(CC)C(=O)O.O=[PH](O)O. The van der Waals surface area contributed by atoms with E-state index in [1.54, 1.807) is 0 Å². The van der Waals surface area contributed by atoms with E-state index >= 15 is 0 Å². The lowest BCUT2D eigenvalue weighted by Crippen LogP contribution is -2.11. The second-order valence-corrected chi connectivity index (χ2v) is 3.43. The fourth-order valence-corrected chi connectivity index (χ4v) is 0.953. The second-order valence-electron chi connectivity index (χ2n) is 2.87. The zero-order valence-electron chi connectivity index (χ0n) is 8.56. The van der Waals surface area contributed by atoms with Gasteiger partial charge in [0.2, 0.25) is 0 Å². The molecular formula is C8H19O5P. The Morgan fingerprint density at radius 1 is 1.36 bits per heavy atom. The first-order valence-corrected chi connectivity index (χ1v) is 5.90. The molecule has 0 aliphatic carbocycles. The van der Waals surface area contributed by atoms with Gasteiger partial charge in [-0.15, -0.1) is 0 Å². The molecule has 0 aromatic rings. The number of hydrogen-bond donors (Lipinski definition) is 3. The highest BCUT2D eigenvalue weighted by Crippen LogP contribution is 2.11. The van der Waals surface area contributed by atoms with Crippen LogP contribution in [0.1, 0.15) is 39.5 Å². The van der Waals surface area contributed by atoms with Crippen LogP contribution in [0.4, 0.5) is 0 Å². The van der Waals surface area contributed by atoms with Crippen molar-refractivity contribution in [2.24, 2.45) is 5.92 Å². The molecule has 0 aromatic carbocycles. The molecule has 0 heterocycles. The van der Waals surface area contributed by atoms with Gasteiger partial charge in [-0.25, -0.2) is 0 Å². The molecule has 0 saturated heterocycles. The summed E-state index contributed by atoms with van der Waals surface area (Å²) in [6.07, 6.45) is 3.71. The normalized spacial score (nSPS) is 11.8. The lowest BCUT2D eigenvalue weighted by atomic mass is 10.00. The minimum Gasteiger partial charge on any atom is -0.481 e. The summed E-state index contributed by atoms with van der Waals surface area (Å²) in [6, 6.07) is 0. The van der Waals surface area contributed by atoms with Crippen molar-refractivity contribution in [2.45, 2.75) is 39.5 Å². The van der Waals surface area contributed by atoms with E-state index in [4.69, 9.17) is 19.5 Å². The number of carboxylic acid groups (broad SMARTS) is 1. The summed E-state index contributed by atoms with van der Waals surface area (Å²) in [5.74, 6) is -0.754. The first-order chi connectivity index (χ1) is 6.45. The van der Waals surface area contributed by atoms with Crippen LogP contribution in [0.15, 0.2) is 0 Å². The molecule has 1 unspecified atom stereocenters. The maximum atomic E-state index is 10.4. The van der Waals surface area contributed by atoms with Crippen LogP contribution in [0.25, 0.3) is 0 Å². The molecule has 0 spiro atoms. The molecule has 5 nitrogen and oxygen atoms in total. The minimum atomic E-state index is -3.13. The molecule has 0 saturated carbocycles. The zero-order chi connectivity index (χ0) is 11.6. The van der Waals surface area contributed by atoms with Crippen molar-refractivity contribution in [3.05, 3.63) is 0 Å². The molecule has 1 atom stereocenters. The fraction of sp³-hybridized carbons (Fsp3) is 0.875. The van der Waals surface area contributed by atoms with Crippen LogP contribution in [-0.4, -0.2) is 20.9 Å². The van der Waals surface area contributed by atoms with Gasteiger partial charge in [0.05, 0.1) is 5.92 Å². The Bertz CT molecular complexity index is 167. The summed E-state index contributed by atoms with van der Waals surface area (Å²) in [5.41, 5.74) is 0. The van der Waals surface area contributed by atoms with Crippen molar-refractivity contribution >= 4 is 14.2 Å². The Balaban J connectivity index is 0. The van der Waals surface area contributed by atoms with Crippen LogP contribution in [0, 0.1) is 5.92 Å². The van der Waals surface area contributed by atoms with Gasteiger partial charge in [-0.1, -0.05) is 26.7 Å². The highest BCUT2D eigenvalue weighted by molar-refractivity contribution is 7.30. The highest BCUT2D eigenvalue weighted by atomic mass is 31.1. The Hall–Kier alpha value is -0.380. The average molecular weight is 226 g/mol. The van der Waals surface area contributed by atoms with E-state index in [2.05, 4.69) is 6.92 Å². The predicted molar refractivity (Wildman–Crippen MR) is 54.4 cm³/mol. The predicted octanol–water partition coefficient (Wildman–Crippen LogP) is 1.65. The van der Waals surface area contributed by atoms with Crippen molar-refractivity contribution in [3.63, 3.8) is 0 Å². The van der Waals surface area contributed by atoms with Crippen LogP contribution in [0.3, 0.4) is 0 Å². The molecule has 0 bridgehead atoms. The van der Waals surface area contributed by atoms with Crippen molar-refractivity contribution < 1.29 is 24.3 Å². The third-order valence-corrected chi connectivity index (χ3v) is 1.75. The molecule has 0 rings (SSSR count). The van der Waals surface area contributed by atoms with E-state index < -0.39 is 14.2 Å². The molecule has 6 heteroatoms. The van der Waals surface area contributed by atoms with Gasteiger partial charge >= 0.3 is 14.2 Å². The molecule has 0 fully saturated rings.